The van der Waals surface area contributed by atoms with E-state index in [0.29, 0.717) is 43.4 Å². The van der Waals surface area contributed by atoms with E-state index in [1.165, 1.54) is 0 Å². The second-order valence-corrected chi connectivity index (χ2v) is 12.4. The summed E-state index contributed by atoms with van der Waals surface area (Å²) in [5, 5.41) is 9.04. The van der Waals surface area contributed by atoms with Gasteiger partial charge in [-0.05, 0) is 56.7 Å². The molecule has 0 aliphatic carbocycles. The van der Waals surface area contributed by atoms with Crippen LogP contribution in [0.1, 0.15) is 20.8 Å². The zero-order valence-electron chi connectivity index (χ0n) is 24.1. The van der Waals surface area contributed by atoms with Crippen LogP contribution in [0, 0.1) is 11.3 Å². The maximum atomic E-state index is 14.0. The smallest absolute Gasteiger partial charge is 0.322 e. The van der Waals surface area contributed by atoms with Crippen molar-refractivity contribution in [2.24, 2.45) is 17.1 Å². The summed E-state index contributed by atoms with van der Waals surface area (Å²) < 4.78 is 5.35. The van der Waals surface area contributed by atoms with Crippen LogP contribution in [0.25, 0.3) is 11.1 Å². The van der Waals surface area contributed by atoms with Crippen molar-refractivity contribution in [3.05, 3.63) is 72.8 Å². The molecule has 3 aromatic rings. The van der Waals surface area contributed by atoms with Crippen LogP contribution in [-0.4, -0.2) is 60.3 Å². The van der Waals surface area contributed by atoms with Crippen molar-refractivity contribution in [3.8, 4) is 11.1 Å². The quantitative estimate of drug-likeness (QED) is 0.312. The molecule has 2 atom stereocenters. The molecule has 1 saturated heterocycles. The van der Waals surface area contributed by atoms with Crippen LogP contribution in [0.3, 0.4) is 0 Å². The van der Waals surface area contributed by atoms with Crippen LogP contribution in [0.2, 0.25) is 0 Å². The van der Waals surface area contributed by atoms with E-state index in [1.807, 2.05) is 72.8 Å². The molecular weight excluding hydrogens is 550 g/mol. The summed E-state index contributed by atoms with van der Waals surface area (Å²) in [7, 11) is 0. The molecule has 0 saturated carbocycles. The standard InChI is InChI=1S/C32H37N5O4S/c1-31(2,33)32(3,24-20-42-27-11-7-6-10-26(27)35-28(24)38)29(39)34-22-14-12-21(13-15-22)23-8-4-5-9-25(23)36-30(40)37-16-18-41-19-17-37/h4-15,24H,16-20,33H2,1-3H3,(H,34,39)(H,35,38)(H,36,40)/t24-,32?/m1/s1. The molecular formula is C32H37N5O4S. The summed E-state index contributed by atoms with van der Waals surface area (Å²) in [5.41, 5.74) is 8.16. The van der Waals surface area contributed by atoms with E-state index in [-0.39, 0.29) is 17.8 Å². The van der Waals surface area contributed by atoms with Gasteiger partial charge in [0.15, 0.2) is 0 Å². The fraction of sp³-hybridized carbons (Fsp3) is 0.344. The molecule has 1 unspecified atom stereocenters. The summed E-state index contributed by atoms with van der Waals surface area (Å²) in [6.07, 6.45) is 0. The van der Waals surface area contributed by atoms with Crippen LogP contribution in [-0.2, 0) is 14.3 Å². The normalized spacial score (nSPS) is 18.6. The molecule has 9 nitrogen and oxygen atoms in total. The average molecular weight is 588 g/mol. The average Bonchev–Trinajstić information content (AvgIpc) is 3.15. The van der Waals surface area contributed by atoms with Gasteiger partial charge < -0.3 is 31.3 Å². The SMILES string of the molecule is CC(C)(N)C(C)(C(=O)Nc1ccc(-c2ccccc2NC(=O)N2CCOCC2)cc1)[C@@H]1CSc2ccccc2NC1=O. The maximum absolute atomic E-state index is 14.0. The lowest BCUT2D eigenvalue weighted by Gasteiger charge is -2.44. The predicted octanol–water partition coefficient (Wildman–Crippen LogP) is 5.26. The van der Waals surface area contributed by atoms with Gasteiger partial charge in [-0.1, -0.05) is 42.5 Å². The first kappa shape index (κ1) is 29.6. The number of morpholine rings is 1. The number of amides is 4. The number of thioether (sulfide) groups is 1. The zero-order chi connectivity index (χ0) is 29.9. The Hall–Kier alpha value is -3.86. The molecule has 1 fully saturated rings. The van der Waals surface area contributed by atoms with Crippen LogP contribution < -0.4 is 21.7 Å². The van der Waals surface area contributed by atoms with Gasteiger partial charge in [0.2, 0.25) is 11.8 Å². The summed E-state index contributed by atoms with van der Waals surface area (Å²) in [6, 6.07) is 22.5. The third kappa shape index (κ3) is 6.01. The lowest BCUT2D eigenvalue weighted by atomic mass is 9.64. The first-order chi connectivity index (χ1) is 20.1. The second-order valence-electron chi connectivity index (χ2n) is 11.4. The molecule has 3 aromatic carbocycles. The number of fused-ring (bicyclic) bond motifs is 1. The lowest BCUT2D eigenvalue weighted by Crippen LogP contribution is -2.62. The molecule has 10 heteroatoms. The van der Waals surface area contributed by atoms with E-state index in [1.54, 1.807) is 37.4 Å². The largest absolute Gasteiger partial charge is 0.378 e. The lowest BCUT2D eigenvalue weighted by molar-refractivity contribution is -0.138. The van der Waals surface area contributed by atoms with Gasteiger partial charge in [0.05, 0.1) is 35.9 Å². The number of nitrogens with zero attached hydrogens (tertiary/aromatic N) is 1. The van der Waals surface area contributed by atoms with Gasteiger partial charge >= 0.3 is 6.03 Å². The Balaban J connectivity index is 1.34. The number of carbonyl (C=O) groups is 3. The Morgan fingerprint density at radius 1 is 0.952 bits per heavy atom. The fourth-order valence-corrected chi connectivity index (χ4v) is 6.57. The molecule has 42 heavy (non-hydrogen) atoms. The highest BCUT2D eigenvalue weighted by atomic mass is 32.2. The van der Waals surface area contributed by atoms with Crippen molar-refractivity contribution < 1.29 is 19.1 Å². The highest BCUT2D eigenvalue weighted by Gasteiger charge is 2.54. The Kier molecular flexibility index (Phi) is 8.58. The highest BCUT2D eigenvalue weighted by molar-refractivity contribution is 7.99. The fourth-order valence-electron chi connectivity index (χ4n) is 5.29. The van der Waals surface area contributed by atoms with E-state index < -0.39 is 16.9 Å². The van der Waals surface area contributed by atoms with Crippen molar-refractivity contribution in [2.75, 3.05) is 48.0 Å². The Morgan fingerprint density at radius 3 is 2.33 bits per heavy atom. The van der Waals surface area contributed by atoms with E-state index in [9.17, 15) is 14.4 Å². The van der Waals surface area contributed by atoms with Crippen LogP contribution >= 0.6 is 11.8 Å². The topological polar surface area (TPSA) is 126 Å². The van der Waals surface area contributed by atoms with Gasteiger partial charge in [-0.15, -0.1) is 11.8 Å². The molecule has 2 aliphatic heterocycles. The molecule has 5 N–H and O–H groups in total. The van der Waals surface area contributed by atoms with Gasteiger partial charge in [0, 0.05) is 40.5 Å². The first-order valence-electron chi connectivity index (χ1n) is 14.0. The predicted molar refractivity (Wildman–Crippen MR) is 168 cm³/mol. The molecule has 0 spiro atoms. The summed E-state index contributed by atoms with van der Waals surface area (Å²) >= 11 is 1.54. The van der Waals surface area contributed by atoms with E-state index in [0.717, 1.165) is 21.7 Å². The van der Waals surface area contributed by atoms with E-state index in [2.05, 4.69) is 16.0 Å². The number of anilines is 3. The van der Waals surface area contributed by atoms with Crippen molar-refractivity contribution >= 4 is 46.7 Å². The number of ether oxygens (including phenoxy) is 1. The molecule has 220 valence electrons. The number of para-hydroxylation sites is 2. The van der Waals surface area contributed by atoms with Crippen molar-refractivity contribution in [3.63, 3.8) is 0 Å². The maximum Gasteiger partial charge on any atom is 0.322 e. The van der Waals surface area contributed by atoms with Gasteiger partial charge in [0.1, 0.15) is 0 Å². The molecule has 2 heterocycles. The summed E-state index contributed by atoms with van der Waals surface area (Å²) in [4.78, 5) is 42.9. The number of rotatable bonds is 6. The summed E-state index contributed by atoms with van der Waals surface area (Å²) in [5.74, 6) is -0.808. The molecule has 5 rings (SSSR count). The molecule has 2 aliphatic rings. The van der Waals surface area contributed by atoms with Crippen molar-refractivity contribution in [1.82, 2.24) is 4.90 Å². The van der Waals surface area contributed by atoms with Crippen molar-refractivity contribution in [2.45, 2.75) is 31.2 Å². The Labute approximate surface area is 250 Å². The third-order valence-corrected chi connectivity index (χ3v) is 9.46. The minimum Gasteiger partial charge on any atom is -0.378 e. The molecule has 0 radical (unpaired) electrons. The van der Waals surface area contributed by atoms with Crippen LogP contribution in [0.15, 0.2) is 77.7 Å². The van der Waals surface area contributed by atoms with Crippen molar-refractivity contribution in [1.29, 1.82) is 0 Å². The van der Waals surface area contributed by atoms with Gasteiger partial charge in [-0.2, -0.15) is 0 Å². The zero-order valence-corrected chi connectivity index (χ0v) is 24.9. The molecule has 0 bridgehead atoms. The van der Waals surface area contributed by atoms with Gasteiger partial charge in [-0.3, -0.25) is 9.59 Å². The number of hydrogen-bond acceptors (Lipinski definition) is 6. The molecule has 0 aromatic heterocycles. The number of nitrogens with two attached hydrogens (primary N) is 1. The highest BCUT2D eigenvalue weighted by Crippen LogP contribution is 2.44. The minimum absolute atomic E-state index is 0.165. The Morgan fingerprint density at radius 2 is 1.62 bits per heavy atom. The number of urea groups is 1. The number of benzene rings is 3. The number of nitrogens with one attached hydrogen (secondary N) is 3. The number of hydrogen-bond donors (Lipinski definition) is 4. The summed E-state index contributed by atoms with van der Waals surface area (Å²) in [6.45, 7) is 7.50. The first-order valence-corrected chi connectivity index (χ1v) is 15.0. The van der Waals surface area contributed by atoms with E-state index in [4.69, 9.17) is 10.5 Å². The van der Waals surface area contributed by atoms with Crippen LogP contribution in [0.4, 0.5) is 21.9 Å². The van der Waals surface area contributed by atoms with Gasteiger partial charge in [0.25, 0.3) is 0 Å². The second kappa shape index (κ2) is 12.2. The Bertz CT molecular complexity index is 1470. The minimum atomic E-state index is -1.22. The molecule has 4 amide bonds. The van der Waals surface area contributed by atoms with E-state index >= 15 is 0 Å². The number of carbonyl (C=O) groups excluding carboxylic acids is 3. The van der Waals surface area contributed by atoms with Crippen LogP contribution in [0.5, 0.6) is 0 Å². The monoisotopic (exact) mass is 587 g/mol. The van der Waals surface area contributed by atoms with Gasteiger partial charge in [-0.25, -0.2) is 4.79 Å². The third-order valence-electron chi connectivity index (χ3n) is 8.29.